The molecule has 0 saturated carbocycles. The summed E-state index contributed by atoms with van der Waals surface area (Å²) >= 11 is 0. The fourth-order valence-electron chi connectivity index (χ4n) is 3.47. The van der Waals surface area contributed by atoms with Gasteiger partial charge < -0.3 is 9.47 Å². The average Bonchev–Trinajstić information content (AvgIpc) is 2.76. The first-order chi connectivity index (χ1) is 14.6. The van der Waals surface area contributed by atoms with E-state index < -0.39 is 0 Å². The monoisotopic (exact) mass is 408 g/mol. The molecule has 0 fully saturated rings. The first kappa shape index (κ1) is 23.7. The molecule has 0 aliphatic carbocycles. The van der Waals surface area contributed by atoms with E-state index in [-0.39, 0.29) is 12.6 Å². The Morgan fingerprint density at radius 1 is 0.867 bits per heavy atom. The second-order valence-electron chi connectivity index (χ2n) is 7.80. The van der Waals surface area contributed by atoms with Gasteiger partial charge in [-0.1, -0.05) is 101 Å². The number of hydrogen-bond donors (Lipinski definition) is 0. The molecule has 0 heterocycles. The molecule has 0 unspecified atom stereocenters. The van der Waals surface area contributed by atoms with Crippen molar-refractivity contribution >= 4 is 5.97 Å². The second-order valence-corrected chi connectivity index (χ2v) is 7.80. The van der Waals surface area contributed by atoms with E-state index in [2.05, 4.69) is 43.8 Å². The van der Waals surface area contributed by atoms with Gasteiger partial charge in [0.15, 0.2) is 0 Å². The van der Waals surface area contributed by atoms with Crippen LogP contribution in [0, 0.1) is 0 Å². The van der Waals surface area contributed by atoms with E-state index in [1.807, 2.05) is 18.2 Å². The molecule has 30 heavy (non-hydrogen) atoms. The van der Waals surface area contributed by atoms with Crippen molar-refractivity contribution in [1.82, 2.24) is 0 Å². The number of hydrogen-bond acceptors (Lipinski definition) is 3. The molecule has 0 aromatic heterocycles. The minimum absolute atomic E-state index is 0.214. The highest BCUT2D eigenvalue weighted by Gasteiger charge is 2.12. The van der Waals surface area contributed by atoms with Crippen LogP contribution in [0.25, 0.3) is 11.1 Å². The zero-order valence-corrected chi connectivity index (χ0v) is 18.6. The number of unbranched alkanes of at least 4 members (excludes halogenated alkanes) is 6. The number of esters is 1. The molecule has 0 amide bonds. The molecule has 0 spiro atoms. The molecule has 0 radical (unpaired) electrons. The Balaban J connectivity index is 2.02. The molecule has 0 aliphatic heterocycles. The maximum absolute atomic E-state index is 11.6. The Morgan fingerprint density at radius 3 is 2.27 bits per heavy atom. The highest BCUT2D eigenvalue weighted by Crippen LogP contribution is 2.34. The second kappa shape index (κ2) is 13.6. The first-order valence-electron chi connectivity index (χ1n) is 11.3. The third-order valence-corrected chi connectivity index (χ3v) is 5.14. The topological polar surface area (TPSA) is 35.5 Å². The predicted molar refractivity (Wildman–Crippen MR) is 125 cm³/mol. The van der Waals surface area contributed by atoms with Gasteiger partial charge in [0.25, 0.3) is 0 Å². The fraction of sp³-hybridized carbons (Fsp3) is 0.444. The van der Waals surface area contributed by atoms with Crippen molar-refractivity contribution in [3.05, 3.63) is 66.2 Å². The molecule has 0 aliphatic rings. The van der Waals surface area contributed by atoms with Gasteiger partial charge in [-0.05, 0) is 30.9 Å². The molecule has 162 valence electrons. The van der Waals surface area contributed by atoms with Gasteiger partial charge in [-0.2, -0.15) is 0 Å². The van der Waals surface area contributed by atoms with Crippen molar-refractivity contribution in [3.63, 3.8) is 0 Å². The van der Waals surface area contributed by atoms with Crippen LogP contribution < -0.4 is 4.74 Å². The number of rotatable bonds is 14. The normalized spacial score (nSPS) is 10.6. The summed E-state index contributed by atoms with van der Waals surface area (Å²) in [6, 6.07) is 16.6. The SMILES string of the molecule is C=C(C)C(=O)OCCOc1c(CCCCCCCCC)cccc1-c1ccccc1. The number of para-hydroxylation sites is 1. The van der Waals surface area contributed by atoms with E-state index >= 15 is 0 Å². The van der Waals surface area contributed by atoms with Crippen molar-refractivity contribution in [1.29, 1.82) is 0 Å². The van der Waals surface area contributed by atoms with Gasteiger partial charge in [0.1, 0.15) is 19.0 Å². The predicted octanol–water partition coefficient (Wildman–Crippen LogP) is 7.14. The van der Waals surface area contributed by atoms with Gasteiger partial charge in [-0.15, -0.1) is 0 Å². The quantitative estimate of drug-likeness (QED) is 0.189. The van der Waals surface area contributed by atoms with Crippen molar-refractivity contribution in [2.45, 2.75) is 65.2 Å². The average molecular weight is 409 g/mol. The zero-order valence-electron chi connectivity index (χ0n) is 18.6. The zero-order chi connectivity index (χ0) is 21.6. The van der Waals surface area contributed by atoms with Gasteiger partial charge in [0.05, 0.1) is 0 Å². The standard InChI is InChI=1S/C27H36O3/c1-4-5-6-7-8-9-11-17-24-18-14-19-25(23-15-12-10-13-16-23)26(24)29-20-21-30-27(28)22(2)3/h10,12-16,18-19H,2,4-9,11,17,20-21H2,1,3H3. The van der Waals surface area contributed by atoms with E-state index in [1.165, 1.54) is 44.1 Å². The van der Waals surface area contributed by atoms with Crippen LogP contribution in [0.2, 0.25) is 0 Å². The van der Waals surface area contributed by atoms with Crippen LogP contribution in [0.1, 0.15) is 64.4 Å². The Hall–Kier alpha value is -2.55. The van der Waals surface area contributed by atoms with Crippen molar-refractivity contribution in [2.24, 2.45) is 0 Å². The van der Waals surface area contributed by atoms with Crippen LogP contribution in [0.3, 0.4) is 0 Å². The van der Waals surface area contributed by atoms with Crippen molar-refractivity contribution < 1.29 is 14.3 Å². The van der Waals surface area contributed by atoms with Crippen LogP contribution in [0.15, 0.2) is 60.7 Å². The van der Waals surface area contributed by atoms with Gasteiger partial charge in [0, 0.05) is 11.1 Å². The number of ether oxygens (including phenoxy) is 2. The highest BCUT2D eigenvalue weighted by molar-refractivity contribution is 5.86. The van der Waals surface area contributed by atoms with Crippen LogP contribution in [-0.4, -0.2) is 19.2 Å². The van der Waals surface area contributed by atoms with E-state index in [0.29, 0.717) is 12.2 Å². The summed E-state index contributed by atoms with van der Waals surface area (Å²) < 4.78 is 11.3. The largest absolute Gasteiger partial charge is 0.489 e. The number of benzene rings is 2. The first-order valence-corrected chi connectivity index (χ1v) is 11.3. The summed E-state index contributed by atoms with van der Waals surface area (Å²) in [6.45, 7) is 8.05. The number of carbonyl (C=O) groups is 1. The number of carbonyl (C=O) groups excluding carboxylic acids is 1. The third-order valence-electron chi connectivity index (χ3n) is 5.14. The summed E-state index contributed by atoms with van der Waals surface area (Å²) in [7, 11) is 0. The van der Waals surface area contributed by atoms with E-state index in [0.717, 1.165) is 29.7 Å². The van der Waals surface area contributed by atoms with E-state index in [4.69, 9.17) is 9.47 Å². The van der Waals surface area contributed by atoms with Crippen molar-refractivity contribution in [3.8, 4) is 16.9 Å². The molecule has 0 atom stereocenters. The van der Waals surface area contributed by atoms with Gasteiger partial charge in [-0.25, -0.2) is 4.79 Å². The van der Waals surface area contributed by atoms with Crippen molar-refractivity contribution in [2.75, 3.05) is 13.2 Å². The highest BCUT2D eigenvalue weighted by atomic mass is 16.6. The molecular weight excluding hydrogens is 372 g/mol. The van der Waals surface area contributed by atoms with Crippen LogP contribution in [0.5, 0.6) is 5.75 Å². The maximum atomic E-state index is 11.6. The molecule has 2 rings (SSSR count). The minimum atomic E-state index is -0.377. The smallest absolute Gasteiger partial charge is 0.333 e. The van der Waals surface area contributed by atoms with E-state index in [1.54, 1.807) is 6.92 Å². The molecule has 0 saturated heterocycles. The Kier molecular flexibility index (Phi) is 10.8. The van der Waals surface area contributed by atoms with Crippen LogP contribution in [-0.2, 0) is 16.0 Å². The summed E-state index contributed by atoms with van der Waals surface area (Å²) in [5.41, 5.74) is 3.84. The lowest BCUT2D eigenvalue weighted by Gasteiger charge is -2.16. The molecule has 0 N–H and O–H groups in total. The summed E-state index contributed by atoms with van der Waals surface area (Å²) in [5, 5.41) is 0. The molecule has 2 aromatic carbocycles. The summed E-state index contributed by atoms with van der Waals surface area (Å²) in [6.07, 6.45) is 10.00. The fourth-order valence-corrected chi connectivity index (χ4v) is 3.47. The molecule has 2 aromatic rings. The summed E-state index contributed by atoms with van der Waals surface area (Å²) in [4.78, 5) is 11.6. The lowest BCUT2D eigenvalue weighted by atomic mass is 9.98. The van der Waals surface area contributed by atoms with E-state index in [9.17, 15) is 4.79 Å². The Morgan fingerprint density at radius 2 is 1.57 bits per heavy atom. The lowest BCUT2D eigenvalue weighted by molar-refractivity contribution is -0.139. The molecular formula is C27H36O3. The van der Waals surface area contributed by atoms with Crippen LogP contribution in [0.4, 0.5) is 0 Å². The van der Waals surface area contributed by atoms with Gasteiger partial charge in [0.2, 0.25) is 0 Å². The minimum Gasteiger partial charge on any atom is -0.489 e. The number of aryl methyl sites for hydroxylation is 1. The molecule has 0 bridgehead atoms. The molecule has 3 heteroatoms. The van der Waals surface area contributed by atoms with Gasteiger partial charge >= 0.3 is 5.97 Å². The lowest BCUT2D eigenvalue weighted by Crippen LogP contribution is -2.13. The maximum Gasteiger partial charge on any atom is 0.333 e. The Bertz CT molecular complexity index is 780. The van der Waals surface area contributed by atoms with Gasteiger partial charge in [-0.3, -0.25) is 0 Å². The summed E-state index contributed by atoms with van der Waals surface area (Å²) in [5.74, 6) is 0.527. The molecule has 3 nitrogen and oxygen atoms in total. The third kappa shape index (κ3) is 8.06. The Labute approximate surface area is 182 Å². The van der Waals surface area contributed by atoms with Crippen LogP contribution >= 0.6 is 0 Å².